The molecule has 0 heterocycles. The summed E-state index contributed by atoms with van der Waals surface area (Å²) in [4.78, 5) is 0. The Kier molecular flexibility index (Phi) is 7.72. The summed E-state index contributed by atoms with van der Waals surface area (Å²) in [6.07, 6.45) is 9.58. The lowest BCUT2D eigenvalue weighted by Crippen LogP contribution is -2.14. The number of rotatable bonds is 7. The van der Waals surface area contributed by atoms with Crippen molar-refractivity contribution in [3.05, 3.63) is 0 Å². The Morgan fingerprint density at radius 2 is 1.93 bits per heavy atom. The van der Waals surface area contributed by atoms with E-state index < -0.39 is 0 Å². The smallest absolute Gasteiger partial charge is 0.0494 e. The maximum absolute atomic E-state index is 5.77. The lowest BCUT2D eigenvalue weighted by molar-refractivity contribution is 0.0769. The lowest BCUT2D eigenvalue weighted by atomic mass is 9.90. The number of halogens is 1. The molecule has 1 rings (SSSR count). The van der Waals surface area contributed by atoms with Crippen LogP contribution in [0.3, 0.4) is 0 Å². The van der Waals surface area contributed by atoms with Gasteiger partial charge in [0.1, 0.15) is 0 Å². The molecule has 0 spiro atoms. The molecule has 0 bridgehead atoms. The molecule has 0 aromatic heterocycles. The Morgan fingerprint density at radius 3 is 2.60 bits per heavy atom. The predicted octanol–water partition coefficient (Wildman–Crippen LogP) is 4.39. The van der Waals surface area contributed by atoms with E-state index in [2.05, 4.69) is 22.9 Å². The molecule has 2 heteroatoms. The first-order valence-electron chi connectivity index (χ1n) is 6.46. The molecule has 0 saturated heterocycles. The second kappa shape index (κ2) is 8.58. The van der Waals surface area contributed by atoms with E-state index in [1.807, 2.05) is 0 Å². The summed E-state index contributed by atoms with van der Waals surface area (Å²) < 4.78 is 5.77. The summed E-state index contributed by atoms with van der Waals surface area (Å²) in [5.74, 6) is 1.67. The number of hydrogen-bond donors (Lipinski definition) is 0. The first-order chi connectivity index (χ1) is 7.33. The molecular weight excluding hydrogens is 252 g/mol. The summed E-state index contributed by atoms with van der Waals surface area (Å²) in [5, 5.41) is 1.12. The largest absolute Gasteiger partial charge is 0.381 e. The molecule has 1 atom stereocenters. The quantitative estimate of drug-likeness (QED) is 0.495. The molecule has 1 aliphatic carbocycles. The molecule has 0 radical (unpaired) electrons. The van der Waals surface area contributed by atoms with Gasteiger partial charge >= 0.3 is 0 Å². The van der Waals surface area contributed by atoms with E-state index in [1.165, 1.54) is 44.9 Å². The highest BCUT2D eigenvalue weighted by Crippen LogP contribution is 2.23. The van der Waals surface area contributed by atoms with E-state index in [4.69, 9.17) is 4.74 Å². The van der Waals surface area contributed by atoms with Crippen LogP contribution in [0.15, 0.2) is 0 Å². The maximum atomic E-state index is 5.77. The molecule has 15 heavy (non-hydrogen) atoms. The van der Waals surface area contributed by atoms with E-state index in [9.17, 15) is 0 Å². The van der Waals surface area contributed by atoms with Crippen molar-refractivity contribution in [3.8, 4) is 0 Å². The van der Waals surface area contributed by atoms with E-state index in [1.54, 1.807) is 0 Å². The van der Waals surface area contributed by atoms with E-state index in [0.717, 1.165) is 30.4 Å². The van der Waals surface area contributed by atoms with Gasteiger partial charge < -0.3 is 4.74 Å². The van der Waals surface area contributed by atoms with Crippen LogP contribution < -0.4 is 0 Å². The molecule has 0 N–H and O–H groups in total. The van der Waals surface area contributed by atoms with Gasteiger partial charge in [0.05, 0.1) is 0 Å². The first kappa shape index (κ1) is 13.5. The van der Waals surface area contributed by atoms with Crippen LogP contribution >= 0.6 is 15.9 Å². The monoisotopic (exact) mass is 276 g/mol. The fourth-order valence-corrected chi connectivity index (χ4v) is 3.00. The average molecular weight is 277 g/mol. The van der Waals surface area contributed by atoms with E-state index >= 15 is 0 Å². The zero-order valence-corrected chi connectivity index (χ0v) is 11.6. The van der Waals surface area contributed by atoms with Crippen molar-refractivity contribution in [3.63, 3.8) is 0 Å². The second-order valence-corrected chi connectivity index (χ2v) is 5.74. The third-order valence-electron chi connectivity index (χ3n) is 3.44. The van der Waals surface area contributed by atoms with Crippen molar-refractivity contribution >= 4 is 15.9 Å². The molecule has 90 valence electrons. The van der Waals surface area contributed by atoms with Crippen LogP contribution in [-0.4, -0.2) is 18.5 Å². The van der Waals surface area contributed by atoms with Gasteiger partial charge in [-0.25, -0.2) is 0 Å². The predicted molar refractivity (Wildman–Crippen MR) is 69.6 cm³/mol. The fourth-order valence-electron chi connectivity index (χ4n) is 2.22. The van der Waals surface area contributed by atoms with Crippen LogP contribution in [0.5, 0.6) is 0 Å². The lowest BCUT2D eigenvalue weighted by Gasteiger charge is -2.21. The van der Waals surface area contributed by atoms with Crippen LogP contribution in [0.2, 0.25) is 0 Å². The van der Waals surface area contributed by atoms with Gasteiger partial charge in [-0.1, -0.05) is 42.1 Å². The molecule has 1 aliphatic rings. The van der Waals surface area contributed by atoms with Gasteiger partial charge in [0.15, 0.2) is 0 Å². The SMILES string of the molecule is CC(CCBr)CCOCC1CCCCC1. The van der Waals surface area contributed by atoms with Gasteiger partial charge in [0.2, 0.25) is 0 Å². The van der Waals surface area contributed by atoms with Crippen molar-refractivity contribution in [2.75, 3.05) is 18.5 Å². The van der Waals surface area contributed by atoms with Crippen molar-refractivity contribution in [1.29, 1.82) is 0 Å². The maximum Gasteiger partial charge on any atom is 0.0494 e. The molecule has 0 amide bonds. The fraction of sp³-hybridized carbons (Fsp3) is 1.00. The highest BCUT2D eigenvalue weighted by Gasteiger charge is 2.13. The van der Waals surface area contributed by atoms with Gasteiger partial charge in [0.25, 0.3) is 0 Å². The molecule has 1 saturated carbocycles. The summed E-state index contributed by atoms with van der Waals surface area (Å²) in [5.41, 5.74) is 0. The third kappa shape index (κ3) is 6.57. The molecule has 0 aromatic carbocycles. The zero-order valence-electron chi connectivity index (χ0n) is 10.0. The summed E-state index contributed by atoms with van der Waals surface area (Å²) in [6, 6.07) is 0. The van der Waals surface area contributed by atoms with Crippen molar-refractivity contribution in [1.82, 2.24) is 0 Å². The molecule has 0 aromatic rings. The highest BCUT2D eigenvalue weighted by atomic mass is 79.9. The number of ether oxygens (including phenoxy) is 1. The van der Waals surface area contributed by atoms with E-state index in [0.29, 0.717) is 0 Å². The summed E-state index contributed by atoms with van der Waals surface area (Å²) in [6.45, 7) is 4.29. The molecule has 1 nitrogen and oxygen atoms in total. The van der Waals surface area contributed by atoms with Crippen LogP contribution in [0.25, 0.3) is 0 Å². The topological polar surface area (TPSA) is 9.23 Å². The number of hydrogen-bond acceptors (Lipinski definition) is 1. The van der Waals surface area contributed by atoms with Crippen LogP contribution in [0, 0.1) is 11.8 Å². The van der Waals surface area contributed by atoms with Gasteiger partial charge in [-0.3, -0.25) is 0 Å². The van der Waals surface area contributed by atoms with Gasteiger partial charge in [-0.05, 0) is 37.5 Å². The highest BCUT2D eigenvalue weighted by molar-refractivity contribution is 9.09. The van der Waals surface area contributed by atoms with Crippen molar-refractivity contribution in [2.45, 2.75) is 51.9 Å². The Bertz CT molecular complexity index is 143. The Morgan fingerprint density at radius 1 is 1.20 bits per heavy atom. The standard InChI is InChI=1S/C13H25BrO/c1-12(7-9-14)8-10-15-11-13-5-3-2-4-6-13/h12-13H,2-11H2,1H3. The normalized spacial score (nSPS) is 20.4. The van der Waals surface area contributed by atoms with Crippen LogP contribution in [0.1, 0.15) is 51.9 Å². The average Bonchev–Trinajstić information content (AvgIpc) is 2.26. The minimum Gasteiger partial charge on any atom is -0.381 e. The molecule has 1 fully saturated rings. The Labute approximate surface area is 103 Å². The minimum absolute atomic E-state index is 0.802. The molecule has 0 aliphatic heterocycles. The van der Waals surface area contributed by atoms with Crippen LogP contribution in [0.4, 0.5) is 0 Å². The third-order valence-corrected chi connectivity index (χ3v) is 3.89. The zero-order chi connectivity index (χ0) is 10.9. The van der Waals surface area contributed by atoms with Crippen molar-refractivity contribution in [2.24, 2.45) is 11.8 Å². The first-order valence-corrected chi connectivity index (χ1v) is 7.58. The summed E-state index contributed by atoms with van der Waals surface area (Å²) in [7, 11) is 0. The molecule has 1 unspecified atom stereocenters. The molecular formula is C13H25BrO. The van der Waals surface area contributed by atoms with Gasteiger partial charge in [-0.15, -0.1) is 0 Å². The minimum atomic E-state index is 0.802. The van der Waals surface area contributed by atoms with Gasteiger partial charge in [-0.2, -0.15) is 0 Å². The van der Waals surface area contributed by atoms with Crippen molar-refractivity contribution < 1.29 is 4.74 Å². The Balaban J connectivity index is 1.91. The van der Waals surface area contributed by atoms with Gasteiger partial charge in [0, 0.05) is 18.5 Å². The number of alkyl halides is 1. The Hall–Kier alpha value is 0.440. The van der Waals surface area contributed by atoms with Crippen LogP contribution in [-0.2, 0) is 4.74 Å². The van der Waals surface area contributed by atoms with E-state index in [-0.39, 0.29) is 0 Å². The summed E-state index contributed by atoms with van der Waals surface area (Å²) >= 11 is 3.48. The second-order valence-electron chi connectivity index (χ2n) is 4.95.